The van der Waals surface area contributed by atoms with Gasteiger partial charge in [0.25, 0.3) is 0 Å². The number of aliphatic hydroxyl groups is 1. The lowest BCUT2D eigenvalue weighted by Crippen LogP contribution is -1.97. The van der Waals surface area contributed by atoms with Crippen LogP contribution < -0.4 is 0 Å². The molecule has 3 aromatic rings. The van der Waals surface area contributed by atoms with E-state index >= 15 is 0 Å². The second-order valence-corrected chi connectivity index (χ2v) is 5.50. The Hall–Kier alpha value is -2.45. The van der Waals surface area contributed by atoms with Crippen molar-refractivity contribution in [2.24, 2.45) is 0 Å². The molecule has 2 aromatic carbocycles. The summed E-state index contributed by atoms with van der Waals surface area (Å²) in [5, 5.41) is 9.71. The van der Waals surface area contributed by atoms with Crippen molar-refractivity contribution >= 4 is 0 Å². The summed E-state index contributed by atoms with van der Waals surface area (Å²) in [5.74, 6) is 0. The molecule has 22 heavy (non-hydrogen) atoms. The van der Waals surface area contributed by atoms with Crippen LogP contribution >= 0.6 is 0 Å². The zero-order valence-electron chi connectivity index (χ0n) is 12.9. The largest absolute Gasteiger partial charge is 0.390 e. The molecule has 0 aliphatic rings. The van der Waals surface area contributed by atoms with Crippen molar-refractivity contribution in [3.05, 3.63) is 77.6 Å². The molecule has 0 aliphatic carbocycles. The molecule has 1 heterocycles. The standard InChI is InChI=1S/C20H19NO/c1-14-8-9-17(12-15(14)2)20-18(10-11-21-19(20)13-22)16-6-4-3-5-7-16/h3-12,22H,13H2,1-2H3. The monoisotopic (exact) mass is 289 g/mol. The average Bonchev–Trinajstić information content (AvgIpc) is 2.57. The number of nitrogens with zero attached hydrogens (tertiary/aromatic N) is 1. The van der Waals surface area contributed by atoms with E-state index in [1.165, 1.54) is 11.1 Å². The van der Waals surface area contributed by atoms with Crippen LogP contribution in [0, 0.1) is 13.8 Å². The summed E-state index contributed by atoms with van der Waals surface area (Å²) in [6.07, 6.45) is 1.76. The number of rotatable bonds is 3. The van der Waals surface area contributed by atoms with Crippen molar-refractivity contribution < 1.29 is 5.11 Å². The number of aromatic nitrogens is 1. The number of aliphatic hydroxyl groups excluding tert-OH is 1. The first kappa shape index (κ1) is 14.5. The summed E-state index contributed by atoms with van der Waals surface area (Å²) in [7, 11) is 0. The van der Waals surface area contributed by atoms with Crippen molar-refractivity contribution in [2.45, 2.75) is 20.5 Å². The molecule has 0 saturated carbocycles. The zero-order chi connectivity index (χ0) is 15.5. The Balaban J connectivity index is 2.26. The summed E-state index contributed by atoms with van der Waals surface area (Å²) in [5.41, 5.74) is 7.56. The van der Waals surface area contributed by atoms with Gasteiger partial charge in [-0.15, -0.1) is 0 Å². The maximum Gasteiger partial charge on any atom is 0.0859 e. The van der Waals surface area contributed by atoms with E-state index in [1.54, 1.807) is 6.20 Å². The SMILES string of the molecule is Cc1ccc(-c2c(-c3ccccc3)ccnc2CO)cc1C. The Labute approximate surface area is 131 Å². The lowest BCUT2D eigenvalue weighted by atomic mass is 9.92. The van der Waals surface area contributed by atoms with Crippen molar-refractivity contribution in [1.82, 2.24) is 4.98 Å². The van der Waals surface area contributed by atoms with Crippen LogP contribution in [0.25, 0.3) is 22.3 Å². The number of pyridine rings is 1. The van der Waals surface area contributed by atoms with Gasteiger partial charge in [-0.1, -0.05) is 48.5 Å². The van der Waals surface area contributed by atoms with E-state index in [-0.39, 0.29) is 6.61 Å². The highest BCUT2D eigenvalue weighted by Gasteiger charge is 2.13. The Morgan fingerprint density at radius 1 is 0.864 bits per heavy atom. The molecule has 0 fully saturated rings. The molecule has 3 rings (SSSR count). The highest BCUT2D eigenvalue weighted by Crippen LogP contribution is 2.34. The number of aryl methyl sites for hydroxylation is 2. The molecule has 0 radical (unpaired) electrons. The van der Waals surface area contributed by atoms with E-state index in [2.05, 4.69) is 49.2 Å². The summed E-state index contributed by atoms with van der Waals surface area (Å²) in [4.78, 5) is 4.36. The summed E-state index contributed by atoms with van der Waals surface area (Å²) >= 11 is 0. The van der Waals surface area contributed by atoms with E-state index in [9.17, 15) is 5.11 Å². The molecule has 2 nitrogen and oxygen atoms in total. The molecule has 0 amide bonds. The Bertz CT molecular complexity index is 794. The van der Waals surface area contributed by atoms with E-state index in [0.29, 0.717) is 5.69 Å². The molecule has 0 atom stereocenters. The lowest BCUT2D eigenvalue weighted by molar-refractivity contribution is 0.277. The Morgan fingerprint density at radius 3 is 2.32 bits per heavy atom. The molecule has 0 spiro atoms. The number of benzene rings is 2. The minimum atomic E-state index is -0.0665. The van der Waals surface area contributed by atoms with Crippen LogP contribution in [0.1, 0.15) is 16.8 Å². The minimum Gasteiger partial charge on any atom is -0.390 e. The van der Waals surface area contributed by atoms with Gasteiger partial charge in [0.05, 0.1) is 12.3 Å². The molecular weight excluding hydrogens is 270 g/mol. The molecule has 110 valence electrons. The summed E-state index contributed by atoms with van der Waals surface area (Å²) in [6.45, 7) is 4.15. The van der Waals surface area contributed by atoms with Crippen LogP contribution in [0.3, 0.4) is 0 Å². The molecule has 1 aromatic heterocycles. The van der Waals surface area contributed by atoms with Gasteiger partial charge in [-0.05, 0) is 47.7 Å². The zero-order valence-corrected chi connectivity index (χ0v) is 12.9. The minimum absolute atomic E-state index is 0.0665. The second kappa shape index (κ2) is 6.12. The fourth-order valence-corrected chi connectivity index (χ4v) is 2.70. The van der Waals surface area contributed by atoms with Crippen LogP contribution in [0.5, 0.6) is 0 Å². The molecular formula is C20H19NO. The van der Waals surface area contributed by atoms with Crippen LogP contribution in [0.15, 0.2) is 60.8 Å². The lowest BCUT2D eigenvalue weighted by Gasteiger charge is -2.14. The van der Waals surface area contributed by atoms with Gasteiger partial charge >= 0.3 is 0 Å². The second-order valence-electron chi connectivity index (χ2n) is 5.50. The molecule has 2 heteroatoms. The van der Waals surface area contributed by atoms with E-state index in [1.807, 2.05) is 24.3 Å². The third-order valence-electron chi connectivity index (χ3n) is 4.06. The van der Waals surface area contributed by atoms with Gasteiger partial charge in [0, 0.05) is 11.8 Å². The predicted molar refractivity (Wildman–Crippen MR) is 90.5 cm³/mol. The highest BCUT2D eigenvalue weighted by molar-refractivity contribution is 5.85. The fourth-order valence-electron chi connectivity index (χ4n) is 2.70. The smallest absolute Gasteiger partial charge is 0.0859 e. The van der Waals surface area contributed by atoms with Crippen LogP contribution in [-0.4, -0.2) is 10.1 Å². The van der Waals surface area contributed by atoms with E-state index < -0.39 is 0 Å². The molecule has 1 N–H and O–H groups in total. The quantitative estimate of drug-likeness (QED) is 0.768. The van der Waals surface area contributed by atoms with Gasteiger partial charge in [0.2, 0.25) is 0 Å². The van der Waals surface area contributed by atoms with Crippen LogP contribution in [0.2, 0.25) is 0 Å². The topological polar surface area (TPSA) is 33.1 Å². The van der Waals surface area contributed by atoms with Gasteiger partial charge in [0.15, 0.2) is 0 Å². The number of hydrogen-bond donors (Lipinski definition) is 1. The molecule has 0 saturated heterocycles. The number of hydrogen-bond acceptors (Lipinski definition) is 2. The maximum absolute atomic E-state index is 9.71. The van der Waals surface area contributed by atoms with E-state index in [4.69, 9.17) is 0 Å². The maximum atomic E-state index is 9.71. The first-order valence-corrected chi connectivity index (χ1v) is 7.42. The summed E-state index contributed by atoms with van der Waals surface area (Å²) < 4.78 is 0. The van der Waals surface area contributed by atoms with E-state index in [0.717, 1.165) is 22.3 Å². The Morgan fingerprint density at radius 2 is 1.64 bits per heavy atom. The van der Waals surface area contributed by atoms with Gasteiger partial charge in [0.1, 0.15) is 0 Å². The first-order valence-electron chi connectivity index (χ1n) is 7.42. The van der Waals surface area contributed by atoms with Crippen molar-refractivity contribution in [3.8, 4) is 22.3 Å². The average molecular weight is 289 g/mol. The van der Waals surface area contributed by atoms with Crippen LogP contribution in [-0.2, 0) is 6.61 Å². The summed E-state index contributed by atoms with van der Waals surface area (Å²) in [6, 6.07) is 18.6. The van der Waals surface area contributed by atoms with Crippen molar-refractivity contribution in [1.29, 1.82) is 0 Å². The van der Waals surface area contributed by atoms with Crippen molar-refractivity contribution in [3.63, 3.8) is 0 Å². The molecule has 0 bridgehead atoms. The van der Waals surface area contributed by atoms with Gasteiger partial charge in [-0.25, -0.2) is 0 Å². The first-order chi connectivity index (χ1) is 10.7. The third-order valence-corrected chi connectivity index (χ3v) is 4.06. The van der Waals surface area contributed by atoms with Gasteiger partial charge in [-0.2, -0.15) is 0 Å². The van der Waals surface area contributed by atoms with Gasteiger partial charge < -0.3 is 5.11 Å². The van der Waals surface area contributed by atoms with Crippen molar-refractivity contribution in [2.75, 3.05) is 0 Å². The fraction of sp³-hybridized carbons (Fsp3) is 0.150. The van der Waals surface area contributed by atoms with Crippen LogP contribution in [0.4, 0.5) is 0 Å². The molecule has 0 aliphatic heterocycles. The highest BCUT2D eigenvalue weighted by atomic mass is 16.3. The molecule has 0 unspecified atom stereocenters. The Kier molecular flexibility index (Phi) is 4.03. The normalized spacial score (nSPS) is 10.7. The van der Waals surface area contributed by atoms with Gasteiger partial charge in [-0.3, -0.25) is 4.98 Å². The third kappa shape index (κ3) is 2.66. The predicted octanol–water partition coefficient (Wildman–Crippen LogP) is 4.52.